The molecular weight excluding hydrogens is 358 g/mol. The van der Waals surface area contributed by atoms with Crippen molar-refractivity contribution in [1.29, 1.82) is 0 Å². The van der Waals surface area contributed by atoms with Crippen LogP contribution in [0.15, 0.2) is 42.9 Å². The summed E-state index contributed by atoms with van der Waals surface area (Å²) in [7, 11) is 0. The summed E-state index contributed by atoms with van der Waals surface area (Å²) in [6.07, 6.45) is 4.79. The van der Waals surface area contributed by atoms with Crippen LogP contribution in [0.5, 0.6) is 0 Å². The van der Waals surface area contributed by atoms with Gasteiger partial charge in [0.25, 0.3) is 0 Å². The number of carboxylic acids is 1. The molecule has 8 nitrogen and oxygen atoms in total. The summed E-state index contributed by atoms with van der Waals surface area (Å²) in [5, 5.41) is 9.19. The fourth-order valence-corrected chi connectivity index (χ4v) is 3.27. The normalized spacial score (nSPS) is 14.8. The predicted molar refractivity (Wildman–Crippen MR) is 101 cm³/mol. The van der Waals surface area contributed by atoms with Gasteiger partial charge in [0, 0.05) is 24.2 Å². The molecule has 2 aromatic heterocycles. The molecule has 3 aromatic rings. The molecule has 8 heteroatoms. The van der Waals surface area contributed by atoms with Crippen molar-refractivity contribution in [1.82, 2.24) is 19.9 Å². The molecule has 0 saturated carbocycles. The molecule has 0 saturated heterocycles. The van der Waals surface area contributed by atoms with E-state index in [1.54, 1.807) is 12.4 Å². The van der Waals surface area contributed by atoms with E-state index in [4.69, 9.17) is 0 Å². The van der Waals surface area contributed by atoms with Crippen molar-refractivity contribution in [3.05, 3.63) is 60.1 Å². The van der Waals surface area contributed by atoms with Gasteiger partial charge in [-0.1, -0.05) is 12.1 Å². The molecule has 140 valence electrons. The lowest BCUT2D eigenvalue weighted by Gasteiger charge is -2.19. The average molecular weight is 375 g/mol. The topological polar surface area (TPSA) is 109 Å². The minimum absolute atomic E-state index is 0.185. The van der Waals surface area contributed by atoms with Crippen molar-refractivity contribution >= 4 is 23.4 Å². The lowest BCUT2D eigenvalue weighted by atomic mass is 9.85. The van der Waals surface area contributed by atoms with E-state index in [1.807, 2.05) is 39.0 Å². The number of anilines is 2. The molecule has 1 amide bonds. The number of hydrogen-bond acceptors (Lipinski definition) is 6. The quantitative estimate of drug-likeness (QED) is 0.749. The second kappa shape index (κ2) is 6.19. The number of carbonyl (C=O) groups is 2. The highest BCUT2D eigenvalue weighted by atomic mass is 16.4. The largest absolute Gasteiger partial charge is 0.475 e. The Morgan fingerprint density at radius 2 is 1.79 bits per heavy atom. The number of aromatic carboxylic acids is 1. The van der Waals surface area contributed by atoms with Gasteiger partial charge in [-0.15, -0.1) is 0 Å². The summed E-state index contributed by atoms with van der Waals surface area (Å²) in [6.45, 7) is 5.48. The third-order valence-electron chi connectivity index (χ3n) is 4.83. The average Bonchev–Trinajstić information content (AvgIpc) is 2.88. The van der Waals surface area contributed by atoms with Gasteiger partial charge in [0.05, 0.1) is 11.1 Å². The fraction of sp³-hybridized carbons (Fsp3) is 0.200. The number of rotatable bonds is 3. The summed E-state index contributed by atoms with van der Waals surface area (Å²) in [4.78, 5) is 42.1. The fourth-order valence-electron chi connectivity index (χ4n) is 3.27. The zero-order valence-corrected chi connectivity index (χ0v) is 15.5. The van der Waals surface area contributed by atoms with E-state index in [1.165, 1.54) is 17.2 Å². The first-order chi connectivity index (χ1) is 13.3. The van der Waals surface area contributed by atoms with E-state index in [2.05, 4.69) is 19.9 Å². The van der Waals surface area contributed by atoms with Gasteiger partial charge in [0.15, 0.2) is 0 Å². The van der Waals surface area contributed by atoms with E-state index < -0.39 is 11.4 Å². The van der Waals surface area contributed by atoms with Crippen LogP contribution in [0, 0.1) is 6.92 Å². The van der Waals surface area contributed by atoms with E-state index in [9.17, 15) is 14.7 Å². The molecule has 4 rings (SSSR count). The lowest BCUT2D eigenvalue weighted by Crippen LogP contribution is -2.33. The van der Waals surface area contributed by atoms with Gasteiger partial charge in [-0.05, 0) is 44.0 Å². The number of carbonyl (C=O) groups excluding carboxylic acids is 1. The standard InChI is InChI=1S/C20H17N5O3/c1-11-22-9-13(10-23-11)12-4-5-14-15(8-12)25(19(28)20(14,2)3)16-6-7-21-17(24-16)18(26)27/h4-10H,1-3H3,(H,26,27). The van der Waals surface area contributed by atoms with Crippen molar-refractivity contribution in [2.45, 2.75) is 26.2 Å². The van der Waals surface area contributed by atoms with Crippen molar-refractivity contribution in [3.8, 4) is 11.1 Å². The number of nitrogens with zero attached hydrogens (tertiary/aromatic N) is 5. The molecule has 0 spiro atoms. The van der Waals surface area contributed by atoms with E-state index in [0.717, 1.165) is 16.7 Å². The smallest absolute Gasteiger partial charge is 0.374 e. The monoisotopic (exact) mass is 375 g/mol. The number of carboxylic acid groups (broad SMARTS) is 1. The summed E-state index contributed by atoms with van der Waals surface area (Å²) < 4.78 is 0. The zero-order chi connectivity index (χ0) is 20.1. The highest BCUT2D eigenvalue weighted by Gasteiger charge is 2.45. The van der Waals surface area contributed by atoms with Crippen LogP contribution in [0.1, 0.15) is 35.9 Å². The summed E-state index contributed by atoms with van der Waals surface area (Å²) >= 11 is 0. The maximum Gasteiger partial charge on any atom is 0.374 e. The molecular formula is C20H17N5O3. The first kappa shape index (κ1) is 17.7. The lowest BCUT2D eigenvalue weighted by molar-refractivity contribution is -0.121. The molecule has 0 radical (unpaired) electrons. The minimum Gasteiger partial charge on any atom is -0.475 e. The summed E-state index contributed by atoms with van der Waals surface area (Å²) in [6, 6.07) is 7.23. The van der Waals surface area contributed by atoms with Crippen LogP contribution in [0.2, 0.25) is 0 Å². The van der Waals surface area contributed by atoms with Crippen LogP contribution in [-0.4, -0.2) is 36.9 Å². The van der Waals surface area contributed by atoms with Crippen LogP contribution in [0.25, 0.3) is 11.1 Å². The number of fused-ring (bicyclic) bond motifs is 1. The Balaban J connectivity index is 1.88. The van der Waals surface area contributed by atoms with Crippen molar-refractivity contribution in [2.75, 3.05) is 4.90 Å². The molecule has 1 aromatic carbocycles. The Hall–Kier alpha value is -3.68. The number of amides is 1. The van der Waals surface area contributed by atoms with Crippen molar-refractivity contribution in [2.24, 2.45) is 0 Å². The van der Waals surface area contributed by atoms with Crippen molar-refractivity contribution in [3.63, 3.8) is 0 Å². The third-order valence-corrected chi connectivity index (χ3v) is 4.83. The van der Waals surface area contributed by atoms with Gasteiger partial charge in [-0.25, -0.2) is 24.7 Å². The van der Waals surface area contributed by atoms with Crippen LogP contribution < -0.4 is 4.90 Å². The van der Waals surface area contributed by atoms with Crippen LogP contribution in [0.4, 0.5) is 11.5 Å². The van der Waals surface area contributed by atoms with Gasteiger partial charge in [-0.2, -0.15) is 0 Å². The Morgan fingerprint density at radius 3 is 2.46 bits per heavy atom. The predicted octanol–water partition coefficient (Wildman–Crippen LogP) is 2.90. The van der Waals surface area contributed by atoms with Crippen LogP contribution >= 0.6 is 0 Å². The number of hydrogen-bond donors (Lipinski definition) is 1. The number of aromatic nitrogens is 4. The highest BCUT2D eigenvalue weighted by molar-refractivity contribution is 6.12. The third kappa shape index (κ3) is 2.70. The Morgan fingerprint density at radius 1 is 1.07 bits per heavy atom. The Kier molecular flexibility index (Phi) is 3.92. The van der Waals surface area contributed by atoms with E-state index >= 15 is 0 Å². The first-order valence-corrected chi connectivity index (χ1v) is 8.63. The van der Waals surface area contributed by atoms with Gasteiger partial charge in [-0.3, -0.25) is 9.69 Å². The molecule has 1 N–H and O–H groups in total. The zero-order valence-electron chi connectivity index (χ0n) is 15.5. The van der Waals surface area contributed by atoms with Crippen molar-refractivity contribution < 1.29 is 14.7 Å². The molecule has 1 aliphatic heterocycles. The van der Waals surface area contributed by atoms with E-state index in [0.29, 0.717) is 11.5 Å². The van der Waals surface area contributed by atoms with Crippen LogP contribution in [-0.2, 0) is 10.2 Å². The molecule has 0 fully saturated rings. The van der Waals surface area contributed by atoms with Gasteiger partial charge in [0.1, 0.15) is 11.6 Å². The SMILES string of the molecule is Cc1ncc(-c2ccc3c(c2)N(c2ccnc(C(=O)O)n2)C(=O)C3(C)C)cn1. The summed E-state index contributed by atoms with van der Waals surface area (Å²) in [5.74, 6) is -0.903. The Bertz CT molecular complexity index is 1110. The molecule has 0 unspecified atom stereocenters. The first-order valence-electron chi connectivity index (χ1n) is 8.63. The van der Waals surface area contributed by atoms with Crippen LogP contribution in [0.3, 0.4) is 0 Å². The number of benzene rings is 1. The molecule has 3 heterocycles. The maximum atomic E-state index is 13.2. The van der Waals surface area contributed by atoms with Gasteiger partial charge < -0.3 is 5.11 Å². The second-order valence-corrected chi connectivity index (χ2v) is 7.06. The summed E-state index contributed by atoms with van der Waals surface area (Å²) in [5.41, 5.74) is 2.39. The second-order valence-electron chi connectivity index (χ2n) is 7.06. The maximum absolute atomic E-state index is 13.2. The Labute approximate surface area is 160 Å². The highest BCUT2D eigenvalue weighted by Crippen LogP contribution is 2.46. The van der Waals surface area contributed by atoms with Gasteiger partial charge in [0.2, 0.25) is 11.7 Å². The molecule has 0 bridgehead atoms. The minimum atomic E-state index is -1.25. The molecule has 0 aliphatic carbocycles. The number of aryl methyl sites for hydroxylation is 1. The molecule has 28 heavy (non-hydrogen) atoms. The molecule has 1 aliphatic rings. The van der Waals surface area contributed by atoms with Gasteiger partial charge >= 0.3 is 5.97 Å². The van der Waals surface area contributed by atoms with E-state index in [-0.39, 0.29) is 17.5 Å². The molecule has 0 atom stereocenters.